The maximum absolute atomic E-state index is 11.4. The van der Waals surface area contributed by atoms with E-state index in [0.717, 1.165) is 32.1 Å². The second kappa shape index (κ2) is 9.01. The minimum atomic E-state index is -0.234. The second-order valence-corrected chi connectivity index (χ2v) is 9.71. The molecule has 0 aliphatic carbocycles. The first kappa shape index (κ1) is 22.4. The lowest BCUT2D eigenvalue weighted by molar-refractivity contribution is -0.0789. The molecule has 0 amide bonds. The molecule has 0 saturated carbocycles. The van der Waals surface area contributed by atoms with Crippen LogP contribution in [0.5, 0.6) is 0 Å². The highest BCUT2D eigenvalue weighted by Gasteiger charge is 2.46. The highest BCUT2D eigenvalue weighted by Crippen LogP contribution is 2.49. The van der Waals surface area contributed by atoms with Gasteiger partial charge in [-0.2, -0.15) is 0 Å². The number of aliphatic hydroxyl groups excluding tert-OH is 1. The average molecular weight is 328 g/mol. The van der Waals surface area contributed by atoms with Gasteiger partial charge in [0.15, 0.2) is 7.12 Å². The van der Waals surface area contributed by atoms with E-state index in [4.69, 9.17) is 0 Å². The molecule has 1 nitrogen and oxygen atoms in total. The lowest BCUT2D eigenvalue weighted by Crippen LogP contribution is -2.48. The van der Waals surface area contributed by atoms with Crippen LogP contribution in [0.1, 0.15) is 93.9 Å². The van der Waals surface area contributed by atoms with E-state index in [0.29, 0.717) is 5.92 Å². The van der Waals surface area contributed by atoms with Gasteiger partial charge in [-0.3, -0.25) is 0 Å². The third-order valence-electron chi connectivity index (χ3n) is 6.47. The molecule has 3 heteroatoms. The lowest BCUT2D eigenvalue weighted by atomic mass is 9.61. The Morgan fingerprint density at radius 2 is 1.45 bits per heavy atom. The predicted octanol–water partition coefficient (Wildman–Crippen LogP) is 5.46. The first-order valence-corrected chi connectivity index (χ1v) is 10.5. The van der Waals surface area contributed by atoms with Gasteiger partial charge in [-0.1, -0.05) is 61.8 Å². The molecule has 0 aliphatic heterocycles. The van der Waals surface area contributed by atoms with Gasteiger partial charge in [0.2, 0.25) is 0 Å². The second-order valence-electron chi connectivity index (χ2n) is 8.32. The van der Waals surface area contributed by atoms with Crippen molar-refractivity contribution in [3.63, 3.8) is 0 Å². The minimum absolute atomic E-state index is 0.00795. The van der Waals surface area contributed by atoms with E-state index in [2.05, 4.69) is 62.5 Å². The van der Waals surface area contributed by atoms with E-state index >= 15 is 0 Å². The van der Waals surface area contributed by atoms with Crippen LogP contribution >= 0.6 is 11.6 Å². The Labute approximate surface area is 145 Å². The molecule has 0 aromatic rings. The standard InChI is InChI=1S/C19H41BOS/c1-9-15(5)13-17(6,10-2)16(21)18(7,11-3)14-19(8,12-4)22-20/h15-16,21H,9-14,20H2,1-8H3. The number of hydrogen-bond donors (Lipinski definition) is 1. The summed E-state index contributed by atoms with van der Waals surface area (Å²) in [6, 6.07) is 0. The summed E-state index contributed by atoms with van der Waals surface area (Å²) in [4.78, 5) is 0. The van der Waals surface area contributed by atoms with Crippen LogP contribution in [0, 0.1) is 16.7 Å². The van der Waals surface area contributed by atoms with Crippen LogP contribution in [0.4, 0.5) is 0 Å². The summed E-state index contributed by atoms with van der Waals surface area (Å²) in [5.41, 5.74) is 0.0131. The Bertz CT molecular complexity index is 319. The fraction of sp³-hybridized carbons (Fsp3) is 1.00. The molecule has 0 spiro atoms. The predicted molar refractivity (Wildman–Crippen MR) is 106 cm³/mol. The summed E-state index contributed by atoms with van der Waals surface area (Å²) in [6.07, 6.45) is 6.43. The van der Waals surface area contributed by atoms with Crippen LogP contribution in [0.25, 0.3) is 0 Å². The van der Waals surface area contributed by atoms with Gasteiger partial charge in [-0.05, 0) is 48.9 Å². The van der Waals surface area contributed by atoms with Gasteiger partial charge in [0, 0.05) is 4.75 Å². The Morgan fingerprint density at radius 1 is 0.955 bits per heavy atom. The van der Waals surface area contributed by atoms with Crippen molar-refractivity contribution in [1.82, 2.24) is 0 Å². The molecule has 1 N–H and O–H groups in total. The van der Waals surface area contributed by atoms with Gasteiger partial charge < -0.3 is 5.11 Å². The summed E-state index contributed by atoms with van der Waals surface area (Å²) < 4.78 is 0.261. The third kappa shape index (κ3) is 5.48. The van der Waals surface area contributed by atoms with E-state index in [1.807, 2.05) is 11.6 Å². The van der Waals surface area contributed by atoms with Crippen molar-refractivity contribution in [2.45, 2.75) is 105 Å². The molecule has 0 aromatic heterocycles. The van der Waals surface area contributed by atoms with Gasteiger partial charge in [-0.25, -0.2) is 11.6 Å². The van der Waals surface area contributed by atoms with Crippen molar-refractivity contribution in [3.8, 4) is 0 Å². The Kier molecular flexibility index (Phi) is 9.17. The molecule has 0 aromatic carbocycles. The molecule has 5 atom stereocenters. The van der Waals surface area contributed by atoms with E-state index < -0.39 is 0 Å². The smallest absolute Gasteiger partial charge is 0.174 e. The van der Waals surface area contributed by atoms with Gasteiger partial charge >= 0.3 is 0 Å². The molecule has 0 radical (unpaired) electrons. The van der Waals surface area contributed by atoms with E-state index in [9.17, 15) is 5.11 Å². The average Bonchev–Trinajstić information content (AvgIpc) is 2.53. The summed E-state index contributed by atoms with van der Waals surface area (Å²) >= 11 is 1.96. The van der Waals surface area contributed by atoms with Crippen molar-refractivity contribution in [3.05, 3.63) is 0 Å². The molecule has 0 saturated heterocycles. The van der Waals surface area contributed by atoms with Gasteiger partial charge in [0.25, 0.3) is 0 Å². The van der Waals surface area contributed by atoms with E-state index in [1.54, 1.807) is 0 Å². The molecule has 132 valence electrons. The first-order chi connectivity index (χ1) is 10.1. The number of rotatable bonds is 11. The van der Waals surface area contributed by atoms with Crippen molar-refractivity contribution >= 4 is 18.7 Å². The fourth-order valence-corrected chi connectivity index (χ4v) is 4.60. The van der Waals surface area contributed by atoms with Crippen molar-refractivity contribution in [1.29, 1.82) is 0 Å². The maximum Gasteiger partial charge on any atom is 0.174 e. The largest absolute Gasteiger partial charge is 0.392 e. The molecule has 22 heavy (non-hydrogen) atoms. The first-order valence-electron chi connectivity index (χ1n) is 9.29. The van der Waals surface area contributed by atoms with Crippen molar-refractivity contribution in [2.24, 2.45) is 16.7 Å². The molecule has 0 rings (SSSR count). The number of hydrogen-bond acceptors (Lipinski definition) is 2. The Balaban J connectivity index is 5.41. The van der Waals surface area contributed by atoms with Crippen LogP contribution < -0.4 is 0 Å². The van der Waals surface area contributed by atoms with Crippen LogP contribution in [-0.2, 0) is 0 Å². The normalized spacial score (nSPS) is 23.1. The monoisotopic (exact) mass is 328 g/mol. The highest BCUT2D eigenvalue weighted by atomic mass is 32.2. The quantitative estimate of drug-likeness (QED) is 0.508. The van der Waals surface area contributed by atoms with Crippen LogP contribution in [0.2, 0.25) is 0 Å². The summed E-state index contributed by atoms with van der Waals surface area (Å²) in [5.74, 6) is 0.679. The highest BCUT2D eigenvalue weighted by molar-refractivity contribution is 8.20. The zero-order valence-corrected chi connectivity index (χ0v) is 17.6. The minimum Gasteiger partial charge on any atom is -0.392 e. The molecule has 0 aliphatic rings. The zero-order valence-electron chi connectivity index (χ0n) is 16.8. The summed E-state index contributed by atoms with van der Waals surface area (Å²) in [6.45, 7) is 18.3. The van der Waals surface area contributed by atoms with Crippen LogP contribution in [0.15, 0.2) is 0 Å². The molecule has 5 unspecified atom stereocenters. The van der Waals surface area contributed by atoms with Gasteiger partial charge in [-0.15, -0.1) is 0 Å². The lowest BCUT2D eigenvalue weighted by Gasteiger charge is -2.49. The fourth-order valence-electron chi connectivity index (χ4n) is 3.84. The topological polar surface area (TPSA) is 20.2 Å². The van der Waals surface area contributed by atoms with Crippen molar-refractivity contribution < 1.29 is 5.11 Å². The third-order valence-corrected chi connectivity index (χ3v) is 7.88. The molecular weight excluding hydrogens is 287 g/mol. The van der Waals surface area contributed by atoms with E-state index in [-0.39, 0.29) is 21.7 Å². The van der Waals surface area contributed by atoms with Crippen LogP contribution in [0.3, 0.4) is 0 Å². The molecular formula is C19H41BOS. The SMILES string of the molecule is BSC(C)(CC)CC(C)(CC)C(O)C(C)(CC)CC(C)CC. The molecule has 0 fully saturated rings. The Hall–Kier alpha value is 0.375. The maximum atomic E-state index is 11.4. The van der Waals surface area contributed by atoms with Crippen LogP contribution in [-0.4, -0.2) is 23.1 Å². The van der Waals surface area contributed by atoms with Gasteiger partial charge in [0.1, 0.15) is 0 Å². The van der Waals surface area contributed by atoms with Gasteiger partial charge in [0.05, 0.1) is 6.10 Å². The summed E-state index contributed by atoms with van der Waals surface area (Å²) in [7, 11) is 2.21. The molecule has 0 bridgehead atoms. The Morgan fingerprint density at radius 3 is 1.77 bits per heavy atom. The van der Waals surface area contributed by atoms with E-state index in [1.165, 1.54) is 6.42 Å². The van der Waals surface area contributed by atoms with Crippen molar-refractivity contribution in [2.75, 3.05) is 0 Å². The number of aliphatic hydroxyl groups is 1. The zero-order chi connectivity index (χ0) is 17.6. The summed E-state index contributed by atoms with van der Waals surface area (Å²) in [5, 5.41) is 11.4. The molecule has 0 heterocycles.